The largest absolute Gasteiger partial charge is 0.396 e. The Hall–Kier alpha value is -0.240. The topological polar surface area (TPSA) is 121 Å². The second kappa shape index (κ2) is 9.32. The lowest BCUT2D eigenvalue weighted by molar-refractivity contribution is -0.0328. The highest BCUT2D eigenvalue weighted by atomic mass is 16.3. The molecule has 0 saturated carbocycles. The van der Waals surface area contributed by atoms with E-state index in [2.05, 4.69) is 0 Å². The third-order valence-corrected chi connectivity index (χ3v) is 1.61. The molecule has 0 aromatic rings. The molecule has 6 heteroatoms. The summed E-state index contributed by atoms with van der Waals surface area (Å²) >= 11 is 0. The van der Waals surface area contributed by atoms with Crippen molar-refractivity contribution in [1.82, 2.24) is 0 Å². The van der Waals surface area contributed by atoms with E-state index >= 15 is 0 Å². The van der Waals surface area contributed by atoms with E-state index in [0.29, 0.717) is 0 Å². The minimum absolute atomic E-state index is 0.139. The maximum atomic E-state index is 8.50. The van der Waals surface area contributed by atoms with Gasteiger partial charge in [0.15, 0.2) is 0 Å². The average molecular weight is 212 g/mol. The van der Waals surface area contributed by atoms with E-state index < -0.39 is 37.9 Å². The highest BCUT2D eigenvalue weighted by molar-refractivity contribution is 4.74. The normalized spacial score (nSPS) is 13.1. The van der Waals surface area contributed by atoms with Crippen molar-refractivity contribution in [3.8, 4) is 0 Å². The molecule has 0 rings (SSSR count). The van der Waals surface area contributed by atoms with Gasteiger partial charge in [0.1, 0.15) is 0 Å². The zero-order valence-corrected chi connectivity index (χ0v) is 8.30. The van der Waals surface area contributed by atoms with Gasteiger partial charge in [-0.2, -0.15) is 0 Å². The van der Waals surface area contributed by atoms with Gasteiger partial charge in [-0.25, -0.2) is 0 Å². The average Bonchev–Trinajstić information content (AvgIpc) is 2.23. The summed E-state index contributed by atoms with van der Waals surface area (Å²) in [5.74, 6) is 0. The predicted octanol–water partition coefficient (Wildman–Crippen LogP) is -2.70. The second-order valence-corrected chi connectivity index (χ2v) is 3.16. The Morgan fingerprint density at radius 3 is 1.07 bits per heavy atom. The summed E-state index contributed by atoms with van der Waals surface area (Å²) < 4.78 is 0. The molecule has 6 nitrogen and oxygen atoms in total. The van der Waals surface area contributed by atoms with Crippen LogP contribution in [0, 0.1) is 5.41 Å². The first-order valence-corrected chi connectivity index (χ1v) is 4.24. The third kappa shape index (κ3) is 7.19. The molecule has 0 fully saturated rings. The minimum Gasteiger partial charge on any atom is -0.396 e. The number of hydrogen-bond acceptors (Lipinski definition) is 6. The lowest BCUT2D eigenvalue weighted by Gasteiger charge is -2.23. The van der Waals surface area contributed by atoms with E-state index in [1.54, 1.807) is 0 Å². The van der Waals surface area contributed by atoms with Gasteiger partial charge >= 0.3 is 0 Å². The SMILES string of the molecule is CC(O)CO.OCC(CO)(CO)CO. The van der Waals surface area contributed by atoms with Gasteiger partial charge in [0.2, 0.25) is 0 Å². The van der Waals surface area contributed by atoms with Gasteiger partial charge in [-0.1, -0.05) is 0 Å². The van der Waals surface area contributed by atoms with E-state index in [0.717, 1.165) is 0 Å². The van der Waals surface area contributed by atoms with E-state index in [1.807, 2.05) is 0 Å². The molecule has 88 valence electrons. The fourth-order valence-corrected chi connectivity index (χ4v) is 0.300. The number of hydrogen-bond donors (Lipinski definition) is 6. The van der Waals surface area contributed by atoms with E-state index in [1.165, 1.54) is 6.92 Å². The van der Waals surface area contributed by atoms with Crippen LogP contribution in [0.15, 0.2) is 0 Å². The van der Waals surface area contributed by atoms with E-state index in [4.69, 9.17) is 30.6 Å². The third-order valence-electron chi connectivity index (χ3n) is 1.61. The van der Waals surface area contributed by atoms with Gasteiger partial charge < -0.3 is 30.6 Å². The Morgan fingerprint density at radius 1 is 0.857 bits per heavy atom. The maximum Gasteiger partial charge on any atom is 0.0742 e. The van der Waals surface area contributed by atoms with Crippen molar-refractivity contribution >= 4 is 0 Å². The fourth-order valence-electron chi connectivity index (χ4n) is 0.300. The van der Waals surface area contributed by atoms with Gasteiger partial charge in [-0.15, -0.1) is 0 Å². The van der Waals surface area contributed by atoms with E-state index in [9.17, 15) is 0 Å². The summed E-state index contributed by atoms with van der Waals surface area (Å²) in [6, 6.07) is 0. The van der Waals surface area contributed by atoms with Crippen molar-refractivity contribution in [2.45, 2.75) is 13.0 Å². The molecule has 0 aliphatic rings. The van der Waals surface area contributed by atoms with Crippen molar-refractivity contribution in [3.05, 3.63) is 0 Å². The molecule has 0 saturated heterocycles. The summed E-state index contributed by atoms with van der Waals surface area (Å²) in [6.45, 7) is -0.236. The van der Waals surface area contributed by atoms with Crippen molar-refractivity contribution in [2.24, 2.45) is 5.41 Å². The molecule has 0 amide bonds. The van der Waals surface area contributed by atoms with E-state index in [-0.39, 0.29) is 6.61 Å². The van der Waals surface area contributed by atoms with Crippen LogP contribution in [0.4, 0.5) is 0 Å². The van der Waals surface area contributed by atoms with Crippen molar-refractivity contribution in [3.63, 3.8) is 0 Å². The molecule has 0 radical (unpaired) electrons. The summed E-state index contributed by atoms with van der Waals surface area (Å²) in [5, 5.41) is 50.0. The Labute approximate surface area is 83.1 Å². The molecule has 1 unspecified atom stereocenters. The van der Waals surface area contributed by atoms with Crippen LogP contribution in [0.1, 0.15) is 6.92 Å². The molecule has 0 heterocycles. The molecule has 0 aromatic carbocycles. The molecule has 0 aromatic heterocycles. The predicted molar refractivity (Wildman–Crippen MR) is 49.5 cm³/mol. The minimum atomic E-state index is -1.11. The molecule has 0 bridgehead atoms. The van der Waals surface area contributed by atoms with Crippen molar-refractivity contribution in [1.29, 1.82) is 0 Å². The number of aliphatic hydroxyl groups excluding tert-OH is 6. The van der Waals surface area contributed by atoms with Gasteiger partial charge in [-0.05, 0) is 6.92 Å². The molecule has 1 atom stereocenters. The van der Waals surface area contributed by atoms with Crippen molar-refractivity contribution < 1.29 is 30.6 Å². The molecule has 0 aliphatic carbocycles. The zero-order valence-electron chi connectivity index (χ0n) is 8.30. The Bertz CT molecular complexity index is 94.9. The Morgan fingerprint density at radius 2 is 1.07 bits per heavy atom. The first-order chi connectivity index (χ1) is 6.51. The smallest absolute Gasteiger partial charge is 0.0742 e. The van der Waals surface area contributed by atoms with Crippen LogP contribution in [-0.4, -0.2) is 69.8 Å². The molecule has 0 spiro atoms. The number of rotatable bonds is 5. The van der Waals surface area contributed by atoms with Gasteiger partial charge in [0.05, 0.1) is 44.6 Å². The monoisotopic (exact) mass is 212 g/mol. The standard InChI is InChI=1S/C5H12O4.C3H8O2/c6-1-5(2-7,3-8)4-9;1-3(5)2-4/h6-9H,1-4H2;3-5H,2H2,1H3. The number of aliphatic hydroxyl groups is 6. The lowest BCUT2D eigenvalue weighted by Crippen LogP contribution is -2.37. The lowest BCUT2D eigenvalue weighted by atomic mass is 9.93. The molecule has 6 N–H and O–H groups in total. The molecular weight excluding hydrogens is 192 g/mol. The van der Waals surface area contributed by atoms with Crippen LogP contribution in [0.25, 0.3) is 0 Å². The Kier molecular flexibility index (Phi) is 10.8. The van der Waals surface area contributed by atoms with Gasteiger partial charge in [-0.3, -0.25) is 0 Å². The highest BCUT2D eigenvalue weighted by Gasteiger charge is 2.26. The second-order valence-electron chi connectivity index (χ2n) is 3.16. The van der Waals surface area contributed by atoms with Gasteiger partial charge in [0.25, 0.3) is 0 Å². The van der Waals surface area contributed by atoms with Crippen LogP contribution in [0.2, 0.25) is 0 Å². The zero-order chi connectivity index (χ0) is 11.6. The quantitative estimate of drug-likeness (QED) is 0.295. The maximum absolute atomic E-state index is 8.50. The summed E-state index contributed by atoms with van der Waals surface area (Å²) in [6.07, 6.45) is -0.560. The fraction of sp³-hybridized carbons (Fsp3) is 1.00. The van der Waals surface area contributed by atoms with Crippen molar-refractivity contribution in [2.75, 3.05) is 33.0 Å². The van der Waals surface area contributed by atoms with Crippen LogP contribution in [0.5, 0.6) is 0 Å². The van der Waals surface area contributed by atoms with Gasteiger partial charge in [0, 0.05) is 0 Å². The summed E-state index contributed by atoms with van der Waals surface area (Å²) in [5.41, 5.74) is -1.11. The summed E-state index contributed by atoms with van der Waals surface area (Å²) in [4.78, 5) is 0. The first-order valence-electron chi connectivity index (χ1n) is 4.24. The Balaban J connectivity index is 0. The van der Waals surface area contributed by atoms with Crippen LogP contribution in [-0.2, 0) is 0 Å². The van der Waals surface area contributed by atoms with Crippen LogP contribution in [0.3, 0.4) is 0 Å². The first kappa shape index (κ1) is 16.2. The molecule has 0 aliphatic heterocycles. The van der Waals surface area contributed by atoms with Crippen LogP contribution >= 0.6 is 0 Å². The summed E-state index contributed by atoms with van der Waals surface area (Å²) in [7, 11) is 0. The molecular formula is C8H20O6. The molecule has 14 heavy (non-hydrogen) atoms. The van der Waals surface area contributed by atoms with Crippen LogP contribution < -0.4 is 0 Å². The highest BCUT2D eigenvalue weighted by Crippen LogP contribution is 2.11.